The Kier molecular flexibility index (Phi) is 6.12. The Bertz CT molecular complexity index is 292. The molecule has 5 nitrogen and oxygen atoms in total. The first kappa shape index (κ1) is 15.0. The molecule has 1 aliphatic carbocycles. The van der Waals surface area contributed by atoms with Crippen LogP contribution in [0.3, 0.4) is 0 Å². The second-order valence-electron chi connectivity index (χ2n) is 5.32. The Balaban J connectivity index is 2.48. The summed E-state index contributed by atoms with van der Waals surface area (Å²) in [4.78, 5) is 23.2. The van der Waals surface area contributed by atoms with Crippen molar-refractivity contribution in [2.45, 2.75) is 45.6 Å². The lowest BCUT2D eigenvalue weighted by Gasteiger charge is -2.34. The number of nitrogens with two attached hydrogens (primary N) is 1. The molecule has 2 atom stereocenters. The highest BCUT2D eigenvalue weighted by atomic mass is 16.2. The first-order valence-corrected chi connectivity index (χ1v) is 6.85. The van der Waals surface area contributed by atoms with Gasteiger partial charge in [0.15, 0.2) is 0 Å². The molecule has 0 saturated heterocycles. The van der Waals surface area contributed by atoms with Gasteiger partial charge in [0.25, 0.3) is 0 Å². The van der Waals surface area contributed by atoms with Gasteiger partial charge in [-0.2, -0.15) is 0 Å². The smallest absolute Gasteiger partial charge is 0.309 e. The van der Waals surface area contributed by atoms with Gasteiger partial charge >= 0.3 is 11.8 Å². The van der Waals surface area contributed by atoms with Crippen molar-refractivity contribution < 1.29 is 9.59 Å². The van der Waals surface area contributed by atoms with Gasteiger partial charge in [0.1, 0.15) is 0 Å². The van der Waals surface area contributed by atoms with Crippen LogP contribution in [0.1, 0.15) is 39.5 Å². The predicted molar refractivity (Wildman–Crippen MR) is 70.8 cm³/mol. The number of carbonyl (C=O) groups excluding carboxylic acids is 2. The maximum atomic E-state index is 11.7. The Labute approximate surface area is 109 Å². The van der Waals surface area contributed by atoms with Crippen LogP contribution in [0.25, 0.3) is 0 Å². The molecule has 1 aliphatic rings. The van der Waals surface area contributed by atoms with Crippen molar-refractivity contribution in [3.05, 3.63) is 0 Å². The number of rotatable bonds is 4. The summed E-state index contributed by atoms with van der Waals surface area (Å²) < 4.78 is 0. The maximum absolute atomic E-state index is 11.7. The zero-order valence-corrected chi connectivity index (χ0v) is 11.4. The van der Waals surface area contributed by atoms with E-state index >= 15 is 0 Å². The summed E-state index contributed by atoms with van der Waals surface area (Å²) in [6, 6.07) is 0.134. The number of hydrogen-bond donors (Lipinski definition) is 3. The SMILES string of the molecule is CC(C)C1CCCCC1NC(=O)C(=O)NCCN. The standard InChI is InChI=1S/C13H25N3O2/c1-9(2)10-5-3-4-6-11(10)16-13(18)12(17)15-8-7-14/h9-11H,3-8,14H2,1-2H3,(H,15,17)(H,16,18). The lowest BCUT2D eigenvalue weighted by Crippen LogP contribution is -2.49. The molecule has 18 heavy (non-hydrogen) atoms. The van der Waals surface area contributed by atoms with Crippen LogP contribution in [0.2, 0.25) is 0 Å². The zero-order chi connectivity index (χ0) is 13.5. The van der Waals surface area contributed by atoms with Crippen LogP contribution in [-0.4, -0.2) is 30.9 Å². The monoisotopic (exact) mass is 255 g/mol. The van der Waals surface area contributed by atoms with Gasteiger partial charge in [-0.25, -0.2) is 0 Å². The van der Waals surface area contributed by atoms with Crippen molar-refractivity contribution >= 4 is 11.8 Å². The molecule has 1 fully saturated rings. The molecule has 0 bridgehead atoms. The summed E-state index contributed by atoms with van der Waals surface area (Å²) in [6.07, 6.45) is 4.44. The molecule has 1 rings (SSSR count). The fourth-order valence-electron chi connectivity index (χ4n) is 2.64. The van der Waals surface area contributed by atoms with Crippen molar-refractivity contribution in [2.24, 2.45) is 17.6 Å². The first-order valence-electron chi connectivity index (χ1n) is 6.85. The van der Waals surface area contributed by atoms with E-state index in [0.29, 0.717) is 24.9 Å². The van der Waals surface area contributed by atoms with Gasteiger partial charge < -0.3 is 16.4 Å². The van der Waals surface area contributed by atoms with Gasteiger partial charge in [0, 0.05) is 19.1 Å². The van der Waals surface area contributed by atoms with Crippen LogP contribution in [0, 0.1) is 11.8 Å². The average Bonchev–Trinajstić information content (AvgIpc) is 2.36. The largest absolute Gasteiger partial charge is 0.347 e. The van der Waals surface area contributed by atoms with Crippen molar-refractivity contribution in [3.63, 3.8) is 0 Å². The molecule has 1 saturated carbocycles. The molecule has 0 aromatic rings. The molecular formula is C13H25N3O2. The van der Waals surface area contributed by atoms with Crippen LogP contribution in [-0.2, 0) is 9.59 Å². The van der Waals surface area contributed by atoms with Crippen molar-refractivity contribution in [3.8, 4) is 0 Å². The molecule has 0 aromatic heterocycles. The van der Waals surface area contributed by atoms with Crippen molar-refractivity contribution in [1.82, 2.24) is 10.6 Å². The first-order chi connectivity index (χ1) is 8.56. The predicted octanol–water partition coefficient (Wildman–Crippen LogP) is 0.392. The lowest BCUT2D eigenvalue weighted by atomic mass is 9.78. The molecule has 5 heteroatoms. The third-order valence-electron chi connectivity index (χ3n) is 3.63. The van der Waals surface area contributed by atoms with E-state index in [0.717, 1.165) is 19.3 Å². The van der Waals surface area contributed by atoms with E-state index in [1.807, 2.05) is 0 Å². The summed E-state index contributed by atoms with van der Waals surface area (Å²) in [6.45, 7) is 5.02. The summed E-state index contributed by atoms with van der Waals surface area (Å²) >= 11 is 0. The van der Waals surface area contributed by atoms with Crippen LogP contribution >= 0.6 is 0 Å². The minimum Gasteiger partial charge on any atom is -0.347 e. The fourth-order valence-corrected chi connectivity index (χ4v) is 2.64. The molecule has 0 aliphatic heterocycles. The number of amides is 2. The van der Waals surface area contributed by atoms with Crippen LogP contribution in [0.5, 0.6) is 0 Å². The van der Waals surface area contributed by atoms with Crippen LogP contribution in [0.15, 0.2) is 0 Å². The van der Waals surface area contributed by atoms with Gasteiger partial charge in [0.2, 0.25) is 0 Å². The highest BCUT2D eigenvalue weighted by Gasteiger charge is 2.29. The molecule has 0 radical (unpaired) electrons. The van der Waals surface area contributed by atoms with E-state index in [1.165, 1.54) is 6.42 Å². The third kappa shape index (κ3) is 4.29. The van der Waals surface area contributed by atoms with E-state index in [4.69, 9.17) is 5.73 Å². The summed E-state index contributed by atoms with van der Waals surface area (Å²) in [5.74, 6) is -0.0951. The maximum Gasteiger partial charge on any atom is 0.309 e. The zero-order valence-electron chi connectivity index (χ0n) is 11.4. The third-order valence-corrected chi connectivity index (χ3v) is 3.63. The van der Waals surface area contributed by atoms with Gasteiger partial charge in [-0.1, -0.05) is 26.7 Å². The van der Waals surface area contributed by atoms with Crippen molar-refractivity contribution in [1.29, 1.82) is 0 Å². The summed E-state index contributed by atoms with van der Waals surface area (Å²) in [7, 11) is 0. The molecular weight excluding hydrogens is 230 g/mol. The molecule has 0 spiro atoms. The van der Waals surface area contributed by atoms with Crippen LogP contribution in [0.4, 0.5) is 0 Å². The lowest BCUT2D eigenvalue weighted by molar-refractivity contribution is -0.140. The second-order valence-corrected chi connectivity index (χ2v) is 5.32. The number of nitrogens with one attached hydrogen (secondary N) is 2. The highest BCUT2D eigenvalue weighted by molar-refractivity contribution is 6.35. The molecule has 104 valence electrons. The Morgan fingerprint density at radius 3 is 2.50 bits per heavy atom. The Morgan fingerprint density at radius 1 is 1.22 bits per heavy atom. The fraction of sp³-hybridized carbons (Fsp3) is 0.846. The molecule has 0 aromatic carbocycles. The Hall–Kier alpha value is -1.10. The minimum absolute atomic E-state index is 0.134. The van der Waals surface area contributed by atoms with Gasteiger partial charge in [0.05, 0.1) is 0 Å². The van der Waals surface area contributed by atoms with Gasteiger partial charge in [-0.15, -0.1) is 0 Å². The topological polar surface area (TPSA) is 84.2 Å². The van der Waals surface area contributed by atoms with Gasteiger partial charge in [-0.3, -0.25) is 9.59 Å². The summed E-state index contributed by atoms with van der Waals surface area (Å²) in [5, 5.41) is 5.36. The van der Waals surface area contributed by atoms with E-state index in [9.17, 15) is 9.59 Å². The van der Waals surface area contributed by atoms with E-state index < -0.39 is 11.8 Å². The van der Waals surface area contributed by atoms with E-state index in [2.05, 4.69) is 24.5 Å². The summed E-state index contributed by atoms with van der Waals surface area (Å²) in [5.41, 5.74) is 5.28. The minimum atomic E-state index is -0.575. The van der Waals surface area contributed by atoms with Crippen molar-refractivity contribution in [2.75, 3.05) is 13.1 Å². The normalized spacial score (nSPS) is 23.8. The molecule has 2 amide bonds. The van der Waals surface area contributed by atoms with Crippen LogP contribution < -0.4 is 16.4 Å². The quantitative estimate of drug-likeness (QED) is 0.635. The molecule has 4 N–H and O–H groups in total. The Morgan fingerprint density at radius 2 is 1.89 bits per heavy atom. The number of carbonyl (C=O) groups is 2. The average molecular weight is 255 g/mol. The highest BCUT2D eigenvalue weighted by Crippen LogP contribution is 2.30. The van der Waals surface area contributed by atoms with E-state index in [1.54, 1.807) is 0 Å². The number of hydrogen-bond acceptors (Lipinski definition) is 3. The van der Waals surface area contributed by atoms with E-state index in [-0.39, 0.29) is 6.04 Å². The second kappa shape index (κ2) is 7.36. The molecule has 0 heterocycles. The van der Waals surface area contributed by atoms with Gasteiger partial charge in [-0.05, 0) is 24.7 Å². The molecule has 2 unspecified atom stereocenters.